The topological polar surface area (TPSA) is 93.6 Å². The second-order valence-corrected chi connectivity index (χ2v) is 8.35. The molecule has 8 heteroatoms. The van der Waals surface area contributed by atoms with E-state index < -0.39 is 5.97 Å². The van der Waals surface area contributed by atoms with Crippen molar-refractivity contribution < 1.29 is 54.5 Å². The molecule has 2 aromatic rings. The molecule has 2 N–H and O–H groups in total. The van der Waals surface area contributed by atoms with E-state index in [1.54, 1.807) is 6.07 Å². The molecule has 162 valence electrons. The number of carbonyl (C=O) groups excluding carboxylic acids is 1. The van der Waals surface area contributed by atoms with Crippen LogP contribution in [0.4, 0.5) is 0 Å². The number of hydrogen-bond donors (Lipinski definition) is 1. The number of aryl methyl sites for hydroxylation is 4. The molecule has 0 spiro atoms. The van der Waals surface area contributed by atoms with Gasteiger partial charge in [0.05, 0.1) is 18.2 Å². The van der Waals surface area contributed by atoms with Gasteiger partial charge in [-0.3, -0.25) is 0 Å². The van der Waals surface area contributed by atoms with Crippen LogP contribution in [0.3, 0.4) is 0 Å². The van der Waals surface area contributed by atoms with Crippen molar-refractivity contribution in [2.24, 2.45) is 0 Å². The van der Waals surface area contributed by atoms with E-state index in [1.807, 2.05) is 45.9 Å². The Morgan fingerprint density at radius 1 is 0.900 bits per heavy atom. The molecule has 0 saturated carbocycles. The molecule has 0 bridgehead atoms. The fourth-order valence-electron chi connectivity index (χ4n) is 2.57. The standard InChI is InChI=1S/C11H13IO2.C10H11IO2.CH4.Na.H2O/c1-4-8-5-7(2)10(12)6-9(8)11(13)14-3;1-3-7-4-6(2)9(11)5-8(7)10(12)13;;;/h5-6H,4H2,1-3H3;4-5H,3H2,1-2H3,(H,12,13);1H4;;1H2/q;;;+1;/p-1. The van der Waals surface area contributed by atoms with Gasteiger partial charge in [-0.1, -0.05) is 33.4 Å². The molecule has 30 heavy (non-hydrogen) atoms. The molecule has 0 saturated heterocycles. The summed E-state index contributed by atoms with van der Waals surface area (Å²) in [7, 11) is 1.41. The van der Waals surface area contributed by atoms with Crippen LogP contribution in [0.1, 0.15) is 64.2 Å². The summed E-state index contributed by atoms with van der Waals surface area (Å²) in [6, 6.07) is 7.62. The molecule has 0 aliphatic rings. The van der Waals surface area contributed by atoms with Crippen LogP contribution in [0.15, 0.2) is 24.3 Å². The van der Waals surface area contributed by atoms with Gasteiger partial charge in [0.2, 0.25) is 0 Å². The van der Waals surface area contributed by atoms with Crippen molar-refractivity contribution >= 4 is 57.1 Å². The molecule has 0 radical (unpaired) electrons. The number of ether oxygens (including phenoxy) is 1. The summed E-state index contributed by atoms with van der Waals surface area (Å²) in [5.41, 5.74) is 5.42. The zero-order chi connectivity index (χ0) is 20.7. The average Bonchev–Trinajstić information content (AvgIpc) is 2.64. The van der Waals surface area contributed by atoms with Crippen LogP contribution in [0.2, 0.25) is 0 Å². The third-order valence-electron chi connectivity index (χ3n) is 4.17. The number of carboxylic acid groups (broad SMARTS) is 1. The number of esters is 1. The van der Waals surface area contributed by atoms with Gasteiger partial charge in [0.1, 0.15) is 0 Å². The van der Waals surface area contributed by atoms with Crippen LogP contribution in [-0.2, 0) is 17.6 Å². The Bertz CT molecular complexity index is 854. The van der Waals surface area contributed by atoms with Gasteiger partial charge >= 0.3 is 41.5 Å². The normalized spacial score (nSPS) is 9.03. The molecule has 2 aromatic carbocycles. The molecule has 0 amide bonds. The second-order valence-electron chi connectivity index (χ2n) is 6.02. The van der Waals surface area contributed by atoms with Crippen LogP contribution in [-0.4, -0.2) is 29.6 Å². The van der Waals surface area contributed by atoms with Crippen molar-refractivity contribution in [2.75, 3.05) is 7.11 Å². The maximum absolute atomic E-state index is 11.4. The minimum atomic E-state index is -0.838. The molecule has 0 aromatic heterocycles. The monoisotopic (exact) mass is 650 g/mol. The van der Waals surface area contributed by atoms with Gasteiger partial charge in [-0.15, -0.1) is 0 Å². The second kappa shape index (κ2) is 16.4. The van der Waals surface area contributed by atoms with Crippen LogP contribution in [0.25, 0.3) is 0 Å². The molecule has 2 rings (SSSR count). The zero-order valence-corrected chi connectivity index (χ0v) is 23.9. The van der Waals surface area contributed by atoms with E-state index in [-0.39, 0.29) is 48.4 Å². The summed E-state index contributed by atoms with van der Waals surface area (Å²) in [5, 5.41) is 8.91. The molecule has 0 fully saturated rings. The van der Waals surface area contributed by atoms with Gasteiger partial charge in [-0.05, 0) is 106 Å². The summed E-state index contributed by atoms with van der Waals surface area (Å²) >= 11 is 4.38. The first-order valence-corrected chi connectivity index (χ1v) is 10.7. The Kier molecular flexibility index (Phi) is 18.9. The van der Waals surface area contributed by atoms with Gasteiger partial charge in [0.15, 0.2) is 0 Å². The Morgan fingerprint density at radius 3 is 1.60 bits per heavy atom. The molecular formula is C22H29I2NaO5. The van der Waals surface area contributed by atoms with Crippen molar-refractivity contribution in [3.63, 3.8) is 0 Å². The minimum absolute atomic E-state index is 0. The van der Waals surface area contributed by atoms with E-state index in [2.05, 4.69) is 45.2 Å². The van der Waals surface area contributed by atoms with Crippen molar-refractivity contribution in [1.29, 1.82) is 0 Å². The number of carboxylic acids is 1. The number of rotatable bonds is 4. The zero-order valence-electron chi connectivity index (χ0n) is 17.6. The third-order valence-corrected chi connectivity index (χ3v) is 6.49. The summed E-state index contributed by atoms with van der Waals surface area (Å²) in [6.07, 6.45) is 1.61. The fourth-order valence-corrected chi connectivity index (χ4v) is 3.50. The molecule has 5 nitrogen and oxygen atoms in total. The summed E-state index contributed by atoms with van der Waals surface area (Å²) < 4.78 is 6.84. The fraction of sp³-hybridized carbons (Fsp3) is 0.364. The van der Waals surface area contributed by atoms with Gasteiger partial charge in [0.25, 0.3) is 0 Å². The molecule has 0 aliphatic carbocycles. The summed E-state index contributed by atoms with van der Waals surface area (Å²) in [5.74, 6) is -1.09. The SMILES string of the molecule is C.CCc1cc(C)c(I)cc1C(=O)O.CCc1cc(C)c(I)cc1C(=O)OC.[Na+].[OH-]. The average molecular weight is 650 g/mol. The van der Waals surface area contributed by atoms with Gasteiger partial charge in [-0.25, -0.2) is 9.59 Å². The van der Waals surface area contributed by atoms with E-state index in [4.69, 9.17) is 9.84 Å². The number of methoxy groups -OCH3 is 1. The van der Waals surface area contributed by atoms with E-state index in [0.29, 0.717) is 11.1 Å². The number of aromatic carboxylic acids is 1. The maximum atomic E-state index is 11.4. The smallest absolute Gasteiger partial charge is 0.870 e. The Labute approximate surface area is 229 Å². The maximum Gasteiger partial charge on any atom is 1.00 e. The van der Waals surface area contributed by atoms with Crippen molar-refractivity contribution in [2.45, 2.75) is 48.0 Å². The first-order chi connectivity index (χ1) is 12.7. The molecular weight excluding hydrogens is 621 g/mol. The Balaban J connectivity index is -0.000000443. The van der Waals surface area contributed by atoms with Crippen molar-refractivity contribution in [1.82, 2.24) is 0 Å². The van der Waals surface area contributed by atoms with Gasteiger partial charge in [0, 0.05) is 7.14 Å². The Hall–Kier alpha value is -0.200. The molecule has 0 heterocycles. The van der Waals surface area contributed by atoms with E-state index in [1.165, 1.54) is 12.7 Å². The van der Waals surface area contributed by atoms with Gasteiger partial charge < -0.3 is 15.3 Å². The first kappa shape index (κ1) is 34.4. The predicted octanol–water partition coefficient (Wildman–Crippen LogP) is 3.27. The van der Waals surface area contributed by atoms with Crippen LogP contribution >= 0.6 is 45.2 Å². The van der Waals surface area contributed by atoms with E-state index in [9.17, 15) is 9.59 Å². The quantitative estimate of drug-likeness (QED) is 0.312. The van der Waals surface area contributed by atoms with Crippen LogP contribution in [0, 0.1) is 21.0 Å². The predicted molar refractivity (Wildman–Crippen MR) is 134 cm³/mol. The largest absolute Gasteiger partial charge is 1.00 e. The van der Waals surface area contributed by atoms with Crippen molar-refractivity contribution in [3.8, 4) is 0 Å². The van der Waals surface area contributed by atoms with Crippen molar-refractivity contribution in [3.05, 3.63) is 64.8 Å². The van der Waals surface area contributed by atoms with Crippen LogP contribution < -0.4 is 29.6 Å². The van der Waals surface area contributed by atoms with E-state index >= 15 is 0 Å². The van der Waals surface area contributed by atoms with E-state index in [0.717, 1.165) is 36.7 Å². The Morgan fingerprint density at radius 2 is 1.27 bits per heavy atom. The number of carbonyl (C=O) groups is 2. The summed E-state index contributed by atoms with van der Waals surface area (Å²) in [4.78, 5) is 22.3. The molecule has 0 aliphatic heterocycles. The molecule has 0 atom stereocenters. The first-order valence-electron chi connectivity index (χ1n) is 8.55. The number of halogens is 2. The van der Waals surface area contributed by atoms with Gasteiger partial charge in [-0.2, -0.15) is 0 Å². The number of benzene rings is 2. The molecule has 0 unspecified atom stereocenters. The van der Waals surface area contributed by atoms with Crippen LogP contribution in [0.5, 0.6) is 0 Å². The third kappa shape index (κ3) is 9.52. The summed E-state index contributed by atoms with van der Waals surface area (Å²) in [6.45, 7) is 8.04. The minimum Gasteiger partial charge on any atom is -0.870 e. The number of hydrogen-bond acceptors (Lipinski definition) is 4.